The van der Waals surface area contributed by atoms with Crippen molar-refractivity contribution in [2.24, 2.45) is 5.41 Å². The minimum Gasteiger partial charge on any atom is -0.381 e. The Kier molecular flexibility index (Phi) is 6.47. The largest absolute Gasteiger partial charge is 0.381 e. The van der Waals surface area contributed by atoms with E-state index in [-0.39, 0.29) is 17.5 Å². The van der Waals surface area contributed by atoms with Gasteiger partial charge in [0.25, 0.3) is 0 Å². The van der Waals surface area contributed by atoms with Crippen molar-refractivity contribution >= 4 is 33.9 Å². The third-order valence-corrected chi connectivity index (χ3v) is 7.93. The van der Waals surface area contributed by atoms with Gasteiger partial charge in [-0.05, 0) is 43.0 Å². The Bertz CT molecular complexity index is 1720. The van der Waals surface area contributed by atoms with Crippen LogP contribution in [0.25, 0.3) is 10.9 Å². The van der Waals surface area contributed by atoms with E-state index in [4.69, 9.17) is 16.3 Å². The fourth-order valence-electron chi connectivity index (χ4n) is 5.16. The molecule has 1 aliphatic heterocycles. The molecule has 2 aromatic carbocycles. The van der Waals surface area contributed by atoms with E-state index < -0.39 is 6.02 Å². The molecule has 6 rings (SSSR count). The maximum Gasteiger partial charge on any atom is 0.110 e. The summed E-state index contributed by atoms with van der Waals surface area (Å²) < 4.78 is 17.2. The van der Waals surface area contributed by atoms with Gasteiger partial charge >= 0.3 is 0 Å². The maximum atomic E-state index is 10.1. The second kappa shape index (κ2) is 10.4. The van der Waals surface area contributed by atoms with E-state index in [1.807, 2.05) is 18.2 Å². The number of nitriles is 2. The molecule has 0 spiro atoms. The van der Waals surface area contributed by atoms with Gasteiger partial charge in [0, 0.05) is 40.4 Å². The molecule has 2 atom stereocenters. The number of benzene rings is 2. The molecule has 2 aromatic heterocycles. The number of nitrogens with zero attached hydrogens (tertiary/aromatic N) is 6. The number of halogens is 1. The van der Waals surface area contributed by atoms with E-state index in [1.54, 1.807) is 29.1 Å². The summed E-state index contributed by atoms with van der Waals surface area (Å²) in [7, 11) is 0. The molecule has 0 bridgehead atoms. The Labute approximate surface area is 239 Å². The highest BCUT2D eigenvalue weighted by Gasteiger charge is 2.34. The summed E-state index contributed by atoms with van der Waals surface area (Å²) in [6, 6.07) is 13.8. The topological polar surface area (TPSA) is 124 Å². The molecule has 2 aliphatic rings. The van der Waals surface area contributed by atoms with Crippen molar-refractivity contribution in [2.75, 3.05) is 23.8 Å². The number of nitrogens with one attached hydrogen (secondary N) is 2. The fourth-order valence-corrected chi connectivity index (χ4v) is 5.39. The highest BCUT2D eigenvalue weighted by atomic mass is 35.5. The molecule has 40 heavy (non-hydrogen) atoms. The molecule has 4 aromatic rings. The first kappa shape index (κ1) is 24.8. The van der Waals surface area contributed by atoms with Crippen LogP contribution in [0.15, 0.2) is 48.8 Å². The van der Waals surface area contributed by atoms with Crippen molar-refractivity contribution in [3.63, 3.8) is 0 Å². The summed E-state index contributed by atoms with van der Waals surface area (Å²) in [5.74, 6) is 0. The number of aromatic nitrogens is 4. The number of hydrogen-bond acceptors (Lipinski definition) is 8. The van der Waals surface area contributed by atoms with Crippen molar-refractivity contribution in [1.82, 2.24) is 20.0 Å². The molecule has 1 saturated carbocycles. The lowest BCUT2D eigenvalue weighted by molar-refractivity contribution is 0.00350. The second-order valence-corrected chi connectivity index (χ2v) is 11.4. The summed E-state index contributed by atoms with van der Waals surface area (Å²) in [6.07, 6.45) is 6.10. The molecule has 1 unspecified atom stereocenters. The normalized spacial score (nSPS) is 20.1. The SMILES string of the molecule is [2H][C@](Nc1cc(C#N)c2ncc(C#N)c(NC3CCOCC3(C)C)c2c1)(c1cn(C2CC2)nn1)c1ccccc1Cl. The number of pyridine rings is 1. The van der Waals surface area contributed by atoms with Crippen molar-refractivity contribution in [1.29, 1.82) is 10.5 Å². The first-order valence-corrected chi connectivity index (χ1v) is 13.7. The molecule has 2 fully saturated rings. The van der Waals surface area contributed by atoms with E-state index in [9.17, 15) is 11.9 Å². The van der Waals surface area contributed by atoms with Crippen LogP contribution in [0.3, 0.4) is 0 Å². The number of fused-ring (bicyclic) bond motifs is 1. The first-order valence-electron chi connectivity index (χ1n) is 13.8. The molecule has 0 radical (unpaired) electrons. The van der Waals surface area contributed by atoms with Gasteiger partial charge in [-0.25, -0.2) is 4.68 Å². The minimum absolute atomic E-state index is 0.0342. The van der Waals surface area contributed by atoms with Gasteiger partial charge in [0.15, 0.2) is 0 Å². The molecule has 2 N–H and O–H groups in total. The Morgan fingerprint density at radius 3 is 2.70 bits per heavy atom. The lowest BCUT2D eigenvalue weighted by Gasteiger charge is -2.39. The van der Waals surface area contributed by atoms with Gasteiger partial charge in [-0.15, -0.1) is 5.10 Å². The van der Waals surface area contributed by atoms with Gasteiger partial charge in [-0.3, -0.25) is 4.98 Å². The van der Waals surface area contributed by atoms with Crippen LogP contribution in [-0.4, -0.2) is 39.2 Å². The molecule has 0 amide bonds. The van der Waals surface area contributed by atoms with Crippen LogP contribution >= 0.6 is 11.6 Å². The highest BCUT2D eigenvalue weighted by Crippen LogP contribution is 2.39. The van der Waals surface area contributed by atoms with E-state index in [2.05, 4.69) is 51.9 Å². The monoisotopic (exact) mass is 553 g/mol. The van der Waals surface area contributed by atoms with Crippen LogP contribution in [0.4, 0.5) is 11.4 Å². The third kappa shape index (κ3) is 4.95. The smallest absolute Gasteiger partial charge is 0.110 e. The molecule has 202 valence electrons. The lowest BCUT2D eigenvalue weighted by atomic mass is 9.81. The van der Waals surface area contributed by atoms with E-state index in [0.717, 1.165) is 19.3 Å². The zero-order valence-electron chi connectivity index (χ0n) is 23.3. The lowest BCUT2D eigenvalue weighted by Crippen LogP contribution is -2.44. The van der Waals surface area contributed by atoms with Gasteiger partial charge in [0.1, 0.15) is 17.8 Å². The average Bonchev–Trinajstić information content (AvgIpc) is 3.69. The summed E-state index contributed by atoms with van der Waals surface area (Å²) in [5.41, 5.74) is 2.93. The van der Waals surface area contributed by atoms with Crippen LogP contribution in [-0.2, 0) is 4.74 Å². The van der Waals surface area contributed by atoms with Gasteiger partial charge < -0.3 is 15.4 Å². The Morgan fingerprint density at radius 1 is 1.18 bits per heavy atom. The zero-order chi connectivity index (χ0) is 28.8. The Morgan fingerprint density at radius 2 is 1.98 bits per heavy atom. The number of anilines is 2. The second-order valence-electron chi connectivity index (χ2n) is 11.0. The maximum absolute atomic E-state index is 10.1. The van der Waals surface area contributed by atoms with Crippen LogP contribution in [0.5, 0.6) is 0 Å². The molecule has 1 aliphatic carbocycles. The van der Waals surface area contributed by atoms with E-state index in [1.165, 1.54) is 6.20 Å². The van der Waals surface area contributed by atoms with Crippen LogP contribution < -0.4 is 10.6 Å². The van der Waals surface area contributed by atoms with Crippen molar-refractivity contribution in [3.8, 4) is 12.1 Å². The predicted octanol–water partition coefficient (Wildman–Crippen LogP) is 5.99. The number of ether oxygens (including phenoxy) is 1. The summed E-state index contributed by atoms with van der Waals surface area (Å²) in [5, 5.41) is 36.7. The highest BCUT2D eigenvalue weighted by molar-refractivity contribution is 6.31. The van der Waals surface area contributed by atoms with Crippen molar-refractivity contribution in [2.45, 2.75) is 51.2 Å². The van der Waals surface area contributed by atoms with E-state index in [0.29, 0.717) is 62.9 Å². The molecule has 1 saturated heterocycles. The minimum atomic E-state index is -1.62. The van der Waals surface area contributed by atoms with Gasteiger partial charge in [-0.1, -0.05) is 48.9 Å². The molecular weight excluding hydrogens is 524 g/mol. The van der Waals surface area contributed by atoms with Gasteiger partial charge in [0.2, 0.25) is 0 Å². The standard InChI is InChI=1S/C30H29ClN8O/c1-30(2)17-40-10-9-26(30)36-28-19(14-33)15-34-27-18(13-32)11-20(12-23(27)28)35-29(22-5-3-4-6-24(22)31)25-16-39(38-37-25)21-7-8-21/h3-6,11-12,15-16,21,26,29,35H,7-10,17H2,1-2H3,(H,34,36)/t26?,29-/m1/s1/i29D. The third-order valence-electron chi connectivity index (χ3n) is 7.60. The van der Waals surface area contributed by atoms with Crippen LogP contribution in [0.2, 0.25) is 5.02 Å². The molecular formula is C30H29ClN8O. The summed E-state index contributed by atoms with van der Waals surface area (Å²) in [6.45, 7) is 5.45. The summed E-state index contributed by atoms with van der Waals surface area (Å²) >= 11 is 6.63. The van der Waals surface area contributed by atoms with Gasteiger partial charge in [-0.2, -0.15) is 10.5 Å². The molecule has 3 heterocycles. The van der Waals surface area contributed by atoms with Gasteiger partial charge in [0.05, 0.1) is 48.6 Å². The fraction of sp³-hybridized carbons (Fsp3) is 0.367. The van der Waals surface area contributed by atoms with E-state index >= 15 is 0 Å². The number of hydrogen-bond donors (Lipinski definition) is 2. The number of rotatable bonds is 7. The van der Waals surface area contributed by atoms with Crippen molar-refractivity contribution in [3.05, 3.63) is 76.2 Å². The van der Waals surface area contributed by atoms with Crippen molar-refractivity contribution < 1.29 is 6.11 Å². The quantitative estimate of drug-likeness (QED) is 0.286. The zero-order valence-corrected chi connectivity index (χ0v) is 23.0. The van der Waals surface area contributed by atoms with Crippen LogP contribution in [0, 0.1) is 28.1 Å². The predicted molar refractivity (Wildman–Crippen MR) is 153 cm³/mol. The van der Waals surface area contributed by atoms with Crippen LogP contribution in [0.1, 0.15) is 68.9 Å². The Balaban J connectivity index is 1.49. The summed E-state index contributed by atoms with van der Waals surface area (Å²) in [4.78, 5) is 4.48. The first-order chi connectivity index (χ1) is 19.7. The molecule has 9 nitrogen and oxygen atoms in total. The molecule has 10 heteroatoms. The Hall–Kier alpha value is -4.18. The average molecular weight is 554 g/mol.